The Bertz CT molecular complexity index is 581. The predicted octanol–water partition coefficient (Wildman–Crippen LogP) is 5.25. The minimum atomic E-state index is 0.733. The van der Waals surface area contributed by atoms with Gasteiger partial charge in [-0.05, 0) is 41.3 Å². The fraction of sp³-hybridized carbons (Fsp3) is 0.278. The summed E-state index contributed by atoms with van der Waals surface area (Å²) in [5.41, 5.74) is 1.93. The molecule has 0 amide bonds. The van der Waals surface area contributed by atoms with Gasteiger partial charge in [-0.2, -0.15) is 0 Å². The first-order valence-corrected chi connectivity index (χ1v) is 6.99. The monoisotopic (exact) mass is 252 g/mol. The average Bonchev–Trinajstić information content (AvgIpc) is 2.46. The van der Waals surface area contributed by atoms with Crippen LogP contribution in [0.3, 0.4) is 0 Å². The highest BCUT2D eigenvalue weighted by atomic mass is 16.1. The number of rotatable bonds is 6. The molecule has 2 rings (SSSR count). The Labute approximate surface area is 115 Å². The summed E-state index contributed by atoms with van der Waals surface area (Å²) in [4.78, 5) is 10.8. The van der Waals surface area contributed by atoms with Crippen LogP contribution in [0.1, 0.15) is 48.5 Å². The molecule has 0 aromatic heterocycles. The minimum Gasteiger partial charge on any atom is -0.298 e. The van der Waals surface area contributed by atoms with Crippen molar-refractivity contribution in [2.24, 2.45) is 0 Å². The molecule has 0 N–H and O–H groups in total. The fourth-order valence-electron chi connectivity index (χ4n) is 2.19. The van der Waals surface area contributed by atoms with Gasteiger partial charge < -0.3 is 0 Å². The SMILES string of the molecule is CCCCCC=Cc1ccc2ccc(C=O)cc2c1. The van der Waals surface area contributed by atoms with Gasteiger partial charge in [-0.15, -0.1) is 0 Å². The molecule has 98 valence electrons. The van der Waals surface area contributed by atoms with Crippen molar-refractivity contribution in [3.63, 3.8) is 0 Å². The van der Waals surface area contributed by atoms with Crippen LogP contribution in [-0.4, -0.2) is 6.29 Å². The van der Waals surface area contributed by atoms with Gasteiger partial charge >= 0.3 is 0 Å². The van der Waals surface area contributed by atoms with Crippen LogP contribution in [-0.2, 0) is 0 Å². The van der Waals surface area contributed by atoms with Gasteiger partial charge in [0.15, 0.2) is 0 Å². The van der Waals surface area contributed by atoms with Gasteiger partial charge in [0.2, 0.25) is 0 Å². The largest absolute Gasteiger partial charge is 0.298 e. The van der Waals surface area contributed by atoms with Gasteiger partial charge in [-0.1, -0.05) is 56.2 Å². The van der Waals surface area contributed by atoms with E-state index in [0.717, 1.165) is 23.7 Å². The molecule has 0 heterocycles. The van der Waals surface area contributed by atoms with E-state index in [1.165, 1.54) is 30.2 Å². The Kier molecular flexibility index (Phi) is 4.91. The number of carbonyl (C=O) groups is 1. The number of benzene rings is 2. The number of carbonyl (C=O) groups excluding carboxylic acids is 1. The topological polar surface area (TPSA) is 17.1 Å². The summed E-state index contributed by atoms with van der Waals surface area (Å²) >= 11 is 0. The van der Waals surface area contributed by atoms with E-state index in [9.17, 15) is 4.79 Å². The third-order valence-electron chi connectivity index (χ3n) is 3.31. The molecular weight excluding hydrogens is 232 g/mol. The van der Waals surface area contributed by atoms with Crippen molar-refractivity contribution < 1.29 is 4.79 Å². The molecule has 2 aromatic carbocycles. The Hall–Kier alpha value is -1.89. The van der Waals surface area contributed by atoms with Gasteiger partial charge in [-0.3, -0.25) is 4.79 Å². The fourth-order valence-corrected chi connectivity index (χ4v) is 2.19. The third kappa shape index (κ3) is 3.78. The number of hydrogen-bond donors (Lipinski definition) is 0. The summed E-state index contributed by atoms with van der Waals surface area (Å²) in [7, 11) is 0. The summed E-state index contributed by atoms with van der Waals surface area (Å²) < 4.78 is 0. The van der Waals surface area contributed by atoms with Gasteiger partial charge in [0.05, 0.1) is 0 Å². The van der Waals surface area contributed by atoms with E-state index in [1.807, 2.05) is 18.2 Å². The maximum absolute atomic E-state index is 10.8. The summed E-state index contributed by atoms with van der Waals surface area (Å²) in [5.74, 6) is 0. The van der Waals surface area contributed by atoms with Crippen LogP contribution < -0.4 is 0 Å². The number of fused-ring (bicyclic) bond motifs is 1. The first-order chi connectivity index (χ1) is 9.33. The normalized spacial score (nSPS) is 11.2. The first-order valence-electron chi connectivity index (χ1n) is 6.99. The second-order valence-corrected chi connectivity index (χ2v) is 4.88. The van der Waals surface area contributed by atoms with Crippen LogP contribution in [0.2, 0.25) is 0 Å². The lowest BCUT2D eigenvalue weighted by Gasteiger charge is -2.01. The summed E-state index contributed by atoms with van der Waals surface area (Å²) in [5, 5.41) is 2.30. The van der Waals surface area contributed by atoms with Gasteiger partial charge in [0.25, 0.3) is 0 Å². The van der Waals surface area contributed by atoms with Crippen molar-refractivity contribution in [3.8, 4) is 0 Å². The number of aldehydes is 1. The molecule has 0 saturated heterocycles. The number of allylic oxidation sites excluding steroid dienone is 1. The quantitative estimate of drug-likeness (QED) is 0.507. The van der Waals surface area contributed by atoms with E-state index >= 15 is 0 Å². The molecule has 0 atom stereocenters. The van der Waals surface area contributed by atoms with Crippen molar-refractivity contribution in [1.29, 1.82) is 0 Å². The standard InChI is InChI=1S/C18H20O/c1-2-3-4-5-6-7-15-8-10-17-11-9-16(14-19)13-18(17)12-15/h6-14H,2-5H2,1H3. The van der Waals surface area contributed by atoms with Crippen LogP contribution in [0.15, 0.2) is 42.5 Å². The average molecular weight is 252 g/mol. The molecule has 0 radical (unpaired) electrons. The van der Waals surface area contributed by atoms with E-state index < -0.39 is 0 Å². The smallest absolute Gasteiger partial charge is 0.150 e. The lowest BCUT2D eigenvalue weighted by molar-refractivity contribution is 0.112. The molecule has 19 heavy (non-hydrogen) atoms. The zero-order chi connectivity index (χ0) is 13.5. The highest BCUT2D eigenvalue weighted by Gasteiger charge is 1.96. The van der Waals surface area contributed by atoms with Gasteiger partial charge in [0.1, 0.15) is 6.29 Å². The van der Waals surface area contributed by atoms with E-state index in [-0.39, 0.29) is 0 Å². The molecule has 0 aliphatic heterocycles. The van der Waals surface area contributed by atoms with Crippen LogP contribution in [0, 0.1) is 0 Å². The predicted molar refractivity (Wildman–Crippen MR) is 82.5 cm³/mol. The van der Waals surface area contributed by atoms with Crippen molar-refractivity contribution in [2.45, 2.75) is 32.6 Å². The summed E-state index contributed by atoms with van der Waals surface area (Å²) in [6, 6.07) is 12.2. The summed E-state index contributed by atoms with van der Waals surface area (Å²) in [6.45, 7) is 2.22. The number of hydrogen-bond acceptors (Lipinski definition) is 1. The molecule has 0 bridgehead atoms. The molecule has 2 aromatic rings. The van der Waals surface area contributed by atoms with Crippen LogP contribution in [0.4, 0.5) is 0 Å². The summed E-state index contributed by atoms with van der Waals surface area (Å²) in [6.07, 6.45) is 10.3. The number of unbranched alkanes of at least 4 members (excludes halogenated alkanes) is 3. The zero-order valence-corrected chi connectivity index (χ0v) is 11.4. The molecule has 0 spiro atoms. The van der Waals surface area contributed by atoms with Crippen LogP contribution in [0.25, 0.3) is 16.8 Å². The van der Waals surface area contributed by atoms with Crippen LogP contribution in [0.5, 0.6) is 0 Å². The lowest BCUT2D eigenvalue weighted by atomic mass is 10.0. The second-order valence-electron chi connectivity index (χ2n) is 4.88. The Morgan fingerprint density at radius 1 is 0.947 bits per heavy atom. The van der Waals surface area contributed by atoms with Crippen LogP contribution >= 0.6 is 0 Å². The molecule has 1 heteroatoms. The Balaban J connectivity index is 2.13. The van der Waals surface area contributed by atoms with E-state index in [2.05, 4.69) is 37.3 Å². The third-order valence-corrected chi connectivity index (χ3v) is 3.31. The van der Waals surface area contributed by atoms with Crippen molar-refractivity contribution in [1.82, 2.24) is 0 Å². The van der Waals surface area contributed by atoms with Crippen molar-refractivity contribution in [3.05, 3.63) is 53.6 Å². The zero-order valence-electron chi connectivity index (χ0n) is 11.4. The van der Waals surface area contributed by atoms with E-state index in [1.54, 1.807) is 0 Å². The maximum atomic E-state index is 10.8. The molecular formula is C18H20O. The second kappa shape index (κ2) is 6.89. The van der Waals surface area contributed by atoms with E-state index in [0.29, 0.717) is 0 Å². The highest BCUT2D eigenvalue weighted by Crippen LogP contribution is 2.18. The van der Waals surface area contributed by atoms with Gasteiger partial charge in [-0.25, -0.2) is 0 Å². The minimum absolute atomic E-state index is 0.733. The molecule has 0 unspecified atom stereocenters. The Morgan fingerprint density at radius 2 is 1.68 bits per heavy atom. The Morgan fingerprint density at radius 3 is 2.42 bits per heavy atom. The highest BCUT2D eigenvalue weighted by molar-refractivity contribution is 5.90. The molecule has 0 saturated carbocycles. The lowest BCUT2D eigenvalue weighted by Crippen LogP contribution is -1.81. The van der Waals surface area contributed by atoms with Crippen molar-refractivity contribution >= 4 is 23.1 Å². The first kappa shape index (κ1) is 13.5. The maximum Gasteiger partial charge on any atom is 0.150 e. The van der Waals surface area contributed by atoms with Crippen molar-refractivity contribution in [2.75, 3.05) is 0 Å². The molecule has 0 fully saturated rings. The van der Waals surface area contributed by atoms with E-state index in [4.69, 9.17) is 0 Å². The molecule has 0 aliphatic rings. The molecule has 0 aliphatic carbocycles. The van der Waals surface area contributed by atoms with Gasteiger partial charge in [0, 0.05) is 5.56 Å². The molecule has 1 nitrogen and oxygen atoms in total.